The molecule has 112 valence electrons. The van der Waals surface area contributed by atoms with Crippen LogP contribution in [0.2, 0.25) is 5.02 Å². The van der Waals surface area contributed by atoms with Crippen LogP contribution in [0.25, 0.3) is 0 Å². The van der Waals surface area contributed by atoms with Gasteiger partial charge in [0.25, 0.3) is 0 Å². The van der Waals surface area contributed by atoms with E-state index in [2.05, 4.69) is 37.9 Å². The highest BCUT2D eigenvalue weighted by Crippen LogP contribution is 2.32. The normalized spacial score (nSPS) is 28.6. The fourth-order valence-corrected chi connectivity index (χ4v) is 3.70. The van der Waals surface area contributed by atoms with Gasteiger partial charge in [-0.2, -0.15) is 0 Å². The van der Waals surface area contributed by atoms with Gasteiger partial charge in [-0.05, 0) is 50.4 Å². The molecule has 0 radical (unpaired) electrons. The Labute approximate surface area is 128 Å². The van der Waals surface area contributed by atoms with Crippen LogP contribution in [0.3, 0.4) is 0 Å². The molecule has 0 heterocycles. The average Bonchev–Trinajstić information content (AvgIpc) is 2.37. The summed E-state index contributed by atoms with van der Waals surface area (Å²) in [5, 5.41) is 0.802. The molecular formula is C17H27ClN2. The molecule has 3 unspecified atom stereocenters. The molecule has 0 bridgehead atoms. The van der Waals surface area contributed by atoms with Crippen LogP contribution in [0.15, 0.2) is 24.3 Å². The van der Waals surface area contributed by atoms with Crippen molar-refractivity contribution >= 4 is 11.6 Å². The van der Waals surface area contributed by atoms with Crippen molar-refractivity contribution in [2.75, 3.05) is 13.6 Å². The summed E-state index contributed by atoms with van der Waals surface area (Å²) in [5.41, 5.74) is 7.86. The molecule has 0 amide bonds. The van der Waals surface area contributed by atoms with Gasteiger partial charge in [0.05, 0.1) is 0 Å². The van der Waals surface area contributed by atoms with Crippen LogP contribution < -0.4 is 5.73 Å². The van der Waals surface area contributed by atoms with E-state index in [-0.39, 0.29) is 5.54 Å². The van der Waals surface area contributed by atoms with Crippen molar-refractivity contribution in [2.45, 2.75) is 51.1 Å². The summed E-state index contributed by atoms with van der Waals surface area (Å²) in [5.74, 6) is 0.753. The minimum absolute atomic E-state index is 0.0285. The molecule has 1 aromatic rings. The third-order valence-electron chi connectivity index (χ3n) is 4.68. The molecule has 1 aliphatic carbocycles. The van der Waals surface area contributed by atoms with Crippen molar-refractivity contribution in [2.24, 2.45) is 11.7 Å². The van der Waals surface area contributed by atoms with E-state index in [1.165, 1.54) is 18.4 Å². The number of hydrogen-bond acceptors (Lipinski definition) is 2. The Hall–Kier alpha value is -0.570. The van der Waals surface area contributed by atoms with Gasteiger partial charge in [-0.25, -0.2) is 0 Å². The lowest BCUT2D eigenvalue weighted by molar-refractivity contribution is 0.144. The molecule has 1 fully saturated rings. The lowest BCUT2D eigenvalue weighted by atomic mass is 9.76. The smallest absolute Gasteiger partial charge is 0.0409 e. The third-order valence-corrected chi connectivity index (χ3v) is 4.92. The van der Waals surface area contributed by atoms with Gasteiger partial charge in [0, 0.05) is 23.1 Å². The van der Waals surface area contributed by atoms with Crippen LogP contribution in [-0.2, 0) is 0 Å². The first kappa shape index (κ1) is 15.8. The average molecular weight is 295 g/mol. The molecule has 3 atom stereocenters. The second-order valence-electron chi connectivity index (χ2n) is 6.71. The zero-order chi connectivity index (χ0) is 14.8. The van der Waals surface area contributed by atoms with Crippen molar-refractivity contribution in [3.05, 3.63) is 34.9 Å². The van der Waals surface area contributed by atoms with E-state index in [1.807, 2.05) is 12.1 Å². The van der Waals surface area contributed by atoms with Gasteiger partial charge >= 0.3 is 0 Å². The SMILES string of the molecule is CC1CCCC(N)(CN(C)C(C)c2cccc(Cl)c2)C1. The van der Waals surface area contributed by atoms with Crippen LogP contribution in [0.5, 0.6) is 0 Å². The quantitative estimate of drug-likeness (QED) is 0.900. The zero-order valence-electron chi connectivity index (χ0n) is 12.9. The van der Waals surface area contributed by atoms with E-state index in [9.17, 15) is 0 Å². The standard InChI is InChI=1S/C17H27ClN2/c1-13-6-5-9-17(19,11-13)12-20(3)14(2)15-7-4-8-16(18)10-15/h4,7-8,10,13-14H,5-6,9,11-12,19H2,1-3H3. The highest BCUT2D eigenvalue weighted by Gasteiger charge is 2.33. The second-order valence-corrected chi connectivity index (χ2v) is 7.15. The largest absolute Gasteiger partial charge is 0.324 e. The van der Waals surface area contributed by atoms with Gasteiger partial charge in [0.15, 0.2) is 0 Å². The number of nitrogens with zero attached hydrogens (tertiary/aromatic N) is 1. The van der Waals surface area contributed by atoms with Crippen LogP contribution in [0.4, 0.5) is 0 Å². The maximum Gasteiger partial charge on any atom is 0.0409 e. The van der Waals surface area contributed by atoms with Crippen molar-refractivity contribution in [1.29, 1.82) is 0 Å². The van der Waals surface area contributed by atoms with Crippen LogP contribution in [0, 0.1) is 5.92 Å². The first-order chi connectivity index (χ1) is 9.39. The summed E-state index contributed by atoms with van der Waals surface area (Å²) in [7, 11) is 2.17. The molecule has 20 heavy (non-hydrogen) atoms. The maximum atomic E-state index is 6.63. The third kappa shape index (κ3) is 3.97. The molecule has 1 aliphatic rings. The fraction of sp³-hybridized carbons (Fsp3) is 0.647. The van der Waals surface area contributed by atoms with Crippen molar-refractivity contribution < 1.29 is 0 Å². The first-order valence-electron chi connectivity index (χ1n) is 7.64. The second kappa shape index (κ2) is 6.46. The van der Waals surface area contributed by atoms with Crippen molar-refractivity contribution in [1.82, 2.24) is 4.90 Å². The van der Waals surface area contributed by atoms with E-state index >= 15 is 0 Å². The van der Waals surface area contributed by atoms with Crippen LogP contribution >= 0.6 is 11.6 Å². The Morgan fingerprint density at radius 1 is 1.50 bits per heavy atom. The van der Waals surface area contributed by atoms with Crippen molar-refractivity contribution in [3.63, 3.8) is 0 Å². The number of rotatable bonds is 4. The van der Waals surface area contributed by atoms with Crippen LogP contribution in [-0.4, -0.2) is 24.0 Å². The van der Waals surface area contributed by atoms with Gasteiger partial charge in [0.2, 0.25) is 0 Å². The Balaban J connectivity index is 2.02. The lowest BCUT2D eigenvalue weighted by Crippen LogP contribution is -2.52. The maximum absolute atomic E-state index is 6.63. The predicted octanol–water partition coefficient (Wildman–Crippen LogP) is 4.24. The van der Waals surface area contributed by atoms with E-state index < -0.39 is 0 Å². The number of nitrogens with two attached hydrogens (primary N) is 1. The molecule has 0 aromatic heterocycles. The summed E-state index contributed by atoms with van der Waals surface area (Å²) >= 11 is 6.09. The Morgan fingerprint density at radius 2 is 2.25 bits per heavy atom. The molecule has 1 saturated carbocycles. The molecule has 2 rings (SSSR count). The molecular weight excluding hydrogens is 268 g/mol. The van der Waals surface area contributed by atoms with Gasteiger partial charge in [0.1, 0.15) is 0 Å². The Morgan fingerprint density at radius 3 is 2.90 bits per heavy atom. The monoisotopic (exact) mass is 294 g/mol. The zero-order valence-corrected chi connectivity index (χ0v) is 13.7. The molecule has 2 nitrogen and oxygen atoms in total. The van der Waals surface area contributed by atoms with E-state index in [4.69, 9.17) is 17.3 Å². The van der Waals surface area contributed by atoms with Gasteiger partial charge in [-0.3, -0.25) is 4.90 Å². The topological polar surface area (TPSA) is 29.3 Å². The molecule has 1 aromatic carbocycles. The number of hydrogen-bond donors (Lipinski definition) is 1. The summed E-state index contributed by atoms with van der Waals surface area (Å²) in [6.45, 7) is 5.49. The minimum Gasteiger partial charge on any atom is -0.324 e. The molecule has 0 aliphatic heterocycles. The highest BCUT2D eigenvalue weighted by molar-refractivity contribution is 6.30. The van der Waals surface area contributed by atoms with E-state index in [0.29, 0.717) is 6.04 Å². The Kier molecular flexibility index (Phi) is 5.11. The lowest BCUT2D eigenvalue weighted by Gasteiger charge is -2.41. The number of halogens is 1. The van der Waals surface area contributed by atoms with Crippen LogP contribution in [0.1, 0.15) is 51.1 Å². The summed E-state index contributed by atoms with van der Waals surface area (Å²) in [4.78, 5) is 2.36. The number of benzene rings is 1. The Bertz CT molecular complexity index is 448. The molecule has 2 N–H and O–H groups in total. The van der Waals surface area contributed by atoms with Gasteiger partial charge in [-0.15, -0.1) is 0 Å². The molecule has 3 heteroatoms. The summed E-state index contributed by atoms with van der Waals surface area (Å²) < 4.78 is 0. The summed E-state index contributed by atoms with van der Waals surface area (Å²) in [6.07, 6.45) is 4.87. The van der Waals surface area contributed by atoms with E-state index in [0.717, 1.165) is 30.3 Å². The number of likely N-dealkylation sites (N-methyl/N-ethyl adjacent to an activating group) is 1. The highest BCUT2D eigenvalue weighted by atomic mass is 35.5. The van der Waals surface area contributed by atoms with E-state index in [1.54, 1.807) is 0 Å². The van der Waals surface area contributed by atoms with Crippen molar-refractivity contribution in [3.8, 4) is 0 Å². The first-order valence-corrected chi connectivity index (χ1v) is 8.02. The molecule has 0 spiro atoms. The van der Waals surface area contributed by atoms with Gasteiger partial charge < -0.3 is 5.73 Å². The van der Waals surface area contributed by atoms with Gasteiger partial charge in [-0.1, -0.05) is 43.5 Å². The fourth-order valence-electron chi connectivity index (χ4n) is 3.50. The predicted molar refractivity (Wildman–Crippen MR) is 87.0 cm³/mol. The summed E-state index contributed by atoms with van der Waals surface area (Å²) in [6, 6.07) is 8.47. The minimum atomic E-state index is -0.0285. The molecule has 0 saturated heterocycles.